The van der Waals surface area contributed by atoms with Crippen LogP contribution in [0.15, 0.2) is 30.6 Å². The lowest BCUT2D eigenvalue weighted by Gasteiger charge is -2.13. The van der Waals surface area contributed by atoms with Crippen molar-refractivity contribution in [3.63, 3.8) is 0 Å². The van der Waals surface area contributed by atoms with Crippen LogP contribution in [-0.2, 0) is 0 Å². The molecule has 3 rings (SSSR count). The molecule has 0 saturated heterocycles. The zero-order chi connectivity index (χ0) is 16.2. The number of hydrogen-bond acceptors (Lipinski definition) is 4. The van der Waals surface area contributed by atoms with Crippen LogP contribution < -0.4 is 10.6 Å². The number of amides is 1. The Bertz CT molecular complexity index is 717. The summed E-state index contributed by atoms with van der Waals surface area (Å²) in [5, 5.41) is 6.75. The third-order valence-electron chi connectivity index (χ3n) is 3.81. The van der Waals surface area contributed by atoms with E-state index >= 15 is 0 Å². The predicted octanol–water partition coefficient (Wildman–Crippen LogP) is 4.39. The molecule has 2 aromatic rings. The molecule has 1 amide bonds. The minimum atomic E-state index is -0.356. The van der Waals surface area contributed by atoms with Crippen molar-refractivity contribution in [1.82, 2.24) is 9.97 Å². The van der Waals surface area contributed by atoms with Gasteiger partial charge >= 0.3 is 0 Å². The Hall–Kier alpha value is -1.85. The number of rotatable bonds is 4. The molecule has 1 saturated carbocycles. The van der Waals surface area contributed by atoms with Gasteiger partial charge in [-0.05, 0) is 25.0 Å². The minimum absolute atomic E-state index is 0.275. The Morgan fingerprint density at radius 2 is 1.96 bits per heavy atom. The second-order valence-electron chi connectivity index (χ2n) is 5.47. The second-order valence-corrected chi connectivity index (χ2v) is 6.25. The molecule has 1 aliphatic carbocycles. The molecule has 7 heteroatoms. The number of halogens is 2. The molecule has 0 aliphatic heterocycles. The Balaban J connectivity index is 1.73. The number of carbonyl (C=O) groups is 1. The van der Waals surface area contributed by atoms with Gasteiger partial charge < -0.3 is 10.6 Å². The van der Waals surface area contributed by atoms with E-state index in [1.54, 1.807) is 24.3 Å². The highest BCUT2D eigenvalue weighted by atomic mass is 35.5. The van der Waals surface area contributed by atoms with E-state index in [0.717, 1.165) is 12.8 Å². The van der Waals surface area contributed by atoms with Gasteiger partial charge in [-0.25, -0.2) is 9.97 Å². The van der Waals surface area contributed by atoms with Crippen LogP contribution in [0.5, 0.6) is 0 Å². The number of hydrogen-bond donors (Lipinski definition) is 2. The zero-order valence-corrected chi connectivity index (χ0v) is 13.9. The third kappa shape index (κ3) is 3.92. The lowest BCUT2D eigenvalue weighted by molar-refractivity contribution is 0.102. The minimum Gasteiger partial charge on any atom is -0.367 e. The van der Waals surface area contributed by atoms with Crippen molar-refractivity contribution >= 4 is 40.6 Å². The van der Waals surface area contributed by atoms with Gasteiger partial charge in [0, 0.05) is 12.1 Å². The average molecular weight is 351 g/mol. The highest BCUT2D eigenvalue weighted by molar-refractivity contribution is 6.44. The van der Waals surface area contributed by atoms with E-state index in [9.17, 15) is 4.79 Å². The summed E-state index contributed by atoms with van der Waals surface area (Å²) < 4.78 is 0. The maximum atomic E-state index is 12.3. The molecule has 0 radical (unpaired) electrons. The fraction of sp³-hybridized carbons (Fsp3) is 0.312. The predicted molar refractivity (Wildman–Crippen MR) is 92.3 cm³/mol. The van der Waals surface area contributed by atoms with Gasteiger partial charge in [-0.3, -0.25) is 4.79 Å². The summed E-state index contributed by atoms with van der Waals surface area (Å²) in [6, 6.07) is 7.13. The molecule has 0 bridgehead atoms. The molecular formula is C16H16Cl2N4O. The molecule has 23 heavy (non-hydrogen) atoms. The lowest BCUT2D eigenvalue weighted by atomic mass is 10.2. The standard InChI is InChI=1S/C16H16Cl2N4O/c17-11-6-3-7-12(15(11)18)22-16(23)13-8-14(20-9-19-13)21-10-4-1-2-5-10/h3,6-10H,1-2,4-5H2,(H,22,23)(H,19,20,21). The normalized spacial score (nSPS) is 14.7. The van der Waals surface area contributed by atoms with Gasteiger partial charge in [-0.15, -0.1) is 0 Å². The topological polar surface area (TPSA) is 66.9 Å². The first-order valence-corrected chi connectivity index (χ1v) is 8.23. The monoisotopic (exact) mass is 350 g/mol. The number of aromatic nitrogens is 2. The fourth-order valence-corrected chi connectivity index (χ4v) is 2.97. The zero-order valence-electron chi connectivity index (χ0n) is 12.4. The van der Waals surface area contributed by atoms with Gasteiger partial charge in [-0.1, -0.05) is 42.1 Å². The molecule has 1 aromatic heterocycles. The Labute approximate surface area is 144 Å². The van der Waals surface area contributed by atoms with E-state index in [1.165, 1.54) is 19.2 Å². The largest absolute Gasteiger partial charge is 0.367 e. The van der Waals surface area contributed by atoms with Crippen LogP contribution in [0.1, 0.15) is 36.2 Å². The highest BCUT2D eigenvalue weighted by Crippen LogP contribution is 2.29. The molecule has 5 nitrogen and oxygen atoms in total. The van der Waals surface area contributed by atoms with Crippen molar-refractivity contribution < 1.29 is 4.79 Å². The summed E-state index contributed by atoms with van der Waals surface area (Å²) >= 11 is 12.0. The molecule has 1 heterocycles. The number of anilines is 2. The molecule has 0 unspecified atom stereocenters. The van der Waals surface area contributed by atoms with Gasteiger partial charge in [0.05, 0.1) is 15.7 Å². The number of nitrogens with one attached hydrogen (secondary N) is 2. The van der Waals surface area contributed by atoms with Gasteiger partial charge in [0.15, 0.2) is 0 Å². The molecule has 2 N–H and O–H groups in total. The first-order chi connectivity index (χ1) is 11.1. The second kappa shape index (κ2) is 7.15. The summed E-state index contributed by atoms with van der Waals surface area (Å²) in [5.41, 5.74) is 0.727. The van der Waals surface area contributed by atoms with Crippen molar-refractivity contribution in [2.45, 2.75) is 31.7 Å². The van der Waals surface area contributed by atoms with Crippen molar-refractivity contribution in [3.05, 3.63) is 46.3 Å². The van der Waals surface area contributed by atoms with E-state index in [2.05, 4.69) is 20.6 Å². The molecule has 0 spiro atoms. The molecule has 0 atom stereocenters. The fourth-order valence-electron chi connectivity index (χ4n) is 2.63. The van der Waals surface area contributed by atoms with E-state index in [0.29, 0.717) is 27.6 Å². The molecule has 1 fully saturated rings. The Morgan fingerprint density at radius 1 is 1.17 bits per heavy atom. The SMILES string of the molecule is O=C(Nc1cccc(Cl)c1Cl)c1cc(NC2CCCC2)ncn1. The number of benzene rings is 1. The first kappa shape index (κ1) is 16.0. The van der Waals surface area contributed by atoms with Crippen molar-refractivity contribution in [2.24, 2.45) is 0 Å². The van der Waals surface area contributed by atoms with Crippen LogP contribution in [-0.4, -0.2) is 21.9 Å². The molecular weight excluding hydrogens is 335 g/mol. The average Bonchev–Trinajstić information content (AvgIpc) is 3.05. The van der Waals surface area contributed by atoms with Crippen LogP contribution >= 0.6 is 23.2 Å². The van der Waals surface area contributed by atoms with Crippen molar-refractivity contribution in [2.75, 3.05) is 10.6 Å². The third-order valence-corrected chi connectivity index (χ3v) is 4.63. The first-order valence-electron chi connectivity index (χ1n) is 7.47. The van der Waals surface area contributed by atoms with Crippen LogP contribution in [0, 0.1) is 0 Å². The summed E-state index contributed by atoms with van der Waals surface area (Å²) in [6.07, 6.45) is 6.09. The van der Waals surface area contributed by atoms with E-state index < -0.39 is 0 Å². The van der Waals surface area contributed by atoms with Crippen LogP contribution in [0.2, 0.25) is 10.0 Å². The van der Waals surface area contributed by atoms with E-state index in [4.69, 9.17) is 23.2 Å². The quantitative estimate of drug-likeness (QED) is 0.857. The molecule has 120 valence electrons. The van der Waals surface area contributed by atoms with Gasteiger partial charge in [-0.2, -0.15) is 0 Å². The Kier molecular flexibility index (Phi) is 4.98. The van der Waals surface area contributed by atoms with Gasteiger partial charge in [0.25, 0.3) is 5.91 Å². The lowest BCUT2D eigenvalue weighted by Crippen LogP contribution is -2.18. The summed E-state index contributed by atoms with van der Waals surface area (Å²) in [5.74, 6) is 0.306. The van der Waals surface area contributed by atoms with Crippen LogP contribution in [0.4, 0.5) is 11.5 Å². The maximum absolute atomic E-state index is 12.3. The summed E-state index contributed by atoms with van der Waals surface area (Å²) in [4.78, 5) is 20.5. The summed E-state index contributed by atoms with van der Waals surface area (Å²) in [7, 11) is 0. The number of nitrogens with zero attached hydrogens (tertiary/aromatic N) is 2. The Morgan fingerprint density at radius 3 is 2.74 bits per heavy atom. The van der Waals surface area contributed by atoms with Crippen molar-refractivity contribution in [1.29, 1.82) is 0 Å². The highest BCUT2D eigenvalue weighted by Gasteiger charge is 2.17. The molecule has 1 aromatic carbocycles. The molecule has 1 aliphatic rings. The van der Waals surface area contributed by atoms with Crippen LogP contribution in [0.25, 0.3) is 0 Å². The van der Waals surface area contributed by atoms with Crippen molar-refractivity contribution in [3.8, 4) is 0 Å². The smallest absolute Gasteiger partial charge is 0.274 e. The maximum Gasteiger partial charge on any atom is 0.274 e. The van der Waals surface area contributed by atoms with Gasteiger partial charge in [0.1, 0.15) is 17.8 Å². The van der Waals surface area contributed by atoms with Gasteiger partial charge in [0.2, 0.25) is 0 Å². The summed E-state index contributed by atoms with van der Waals surface area (Å²) in [6.45, 7) is 0. The van der Waals surface area contributed by atoms with E-state index in [1.807, 2.05) is 0 Å². The number of carbonyl (C=O) groups excluding carboxylic acids is 1. The van der Waals surface area contributed by atoms with E-state index in [-0.39, 0.29) is 11.6 Å². The van der Waals surface area contributed by atoms with Crippen LogP contribution in [0.3, 0.4) is 0 Å².